The van der Waals surface area contributed by atoms with Crippen LogP contribution in [0, 0.1) is 17.8 Å². The summed E-state index contributed by atoms with van der Waals surface area (Å²) in [6.45, 7) is 4.81. The maximum absolute atomic E-state index is 3.57. The second kappa shape index (κ2) is 5.85. The SMILES string of the molecule is CNC(c1csc(Br)c1)C1CCC(C)C(C)C1. The summed E-state index contributed by atoms with van der Waals surface area (Å²) in [5.74, 6) is 2.57. The summed E-state index contributed by atoms with van der Waals surface area (Å²) in [4.78, 5) is 0. The summed E-state index contributed by atoms with van der Waals surface area (Å²) in [5.41, 5.74) is 1.45. The van der Waals surface area contributed by atoms with Gasteiger partial charge in [0.15, 0.2) is 0 Å². The molecule has 2 rings (SSSR count). The third kappa shape index (κ3) is 3.12. The van der Waals surface area contributed by atoms with E-state index in [2.05, 4.69) is 53.6 Å². The fourth-order valence-electron chi connectivity index (χ4n) is 3.05. The van der Waals surface area contributed by atoms with Crippen molar-refractivity contribution in [1.82, 2.24) is 5.32 Å². The monoisotopic (exact) mass is 315 g/mol. The Morgan fingerprint density at radius 3 is 2.65 bits per heavy atom. The molecule has 1 N–H and O–H groups in total. The number of nitrogens with one attached hydrogen (secondary N) is 1. The van der Waals surface area contributed by atoms with Gasteiger partial charge in [0.1, 0.15) is 0 Å². The first-order valence-corrected chi connectivity index (χ1v) is 8.20. The zero-order valence-corrected chi connectivity index (χ0v) is 13.3. The first-order valence-electron chi connectivity index (χ1n) is 6.53. The maximum Gasteiger partial charge on any atom is 0.0701 e. The molecule has 1 nitrogen and oxygen atoms in total. The van der Waals surface area contributed by atoms with E-state index in [0.717, 1.165) is 17.8 Å². The Balaban J connectivity index is 2.08. The molecule has 0 spiro atoms. The highest BCUT2D eigenvalue weighted by Gasteiger charge is 2.30. The van der Waals surface area contributed by atoms with Crippen LogP contribution in [0.2, 0.25) is 0 Å². The van der Waals surface area contributed by atoms with Crippen LogP contribution in [0.25, 0.3) is 0 Å². The smallest absolute Gasteiger partial charge is 0.0701 e. The van der Waals surface area contributed by atoms with Crippen LogP contribution in [0.3, 0.4) is 0 Å². The van der Waals surface area contributed by atoms with Gasteiger partial charge in [0.25, 0.3) is 0 Å². The summed E-state index contributed by atoms with van der Waals surface area (Å²) in [7, 11) is 2.10. The molecular weight excluding hydrogens is 294 g/mol. The summed E-state index contributed by atoms with van der Waals surface area (Å²) in [6, 6.07) is 2.81. The van der Waals surface area contributed by atoms with E-state index in [1.165, 1.54) is 28.6 Å². The number of rotatable bonds is 3. The lowest BCUT2D eigenvalue weighted by atomic mass is 9.72. The second-order valence-electron chi connectivity index (χ2n) is 5.48. The van der Waals surface area contributed by atoms with Gasteiger partial charge >= 0.3 is 0 Å². The summed E-state index contributed by atoms with van der Waals surface area (Å²) in [5, 5.41) is 5.81. The van der Waals surface area contributed by atoms with Crippen molar-refractivity contribution in [3.63, 3.8) is 0 Å². The van der Waals surface area contributed by atoms with E-state index < -0.39 is 0 Å². The minimum Gasteiger partial charge on any atom is -0.313 e. The lowest BCUT2D eigenvalue weighted by Crippen LogP contribution is -2.31. The summed E-state index contributed by atoms with van der Waals surface area (Å²) < 4.78 is 1.24. The highest BCUT2D eigenvalue weighted by atomic mass is 79.9. The summed E-state index contributed by atoms with van der Waals surface area (Å²) in [6.07, 6.45) is 4.11. The molecule has 0 bridgehead atoms. The molecule has 0 aliphatic heterocycles. The minimum atomic E-state index is 0.535. The van der Waals surface area contributed by atoms with Crippen molar-refractivity contribution in [3.8, 4) is 0 Å². The Hall–Kier alpha value is 0.140. The number of thiophene rings is 1. The Morgan fingerprint density at radius 1 is 1.35 bits per heavy atom. The van der Waals surface area contributed by atoms with E-state index in [0.29, 0.717) is 6.04 Å². The molecule has 1 aliphatic carbocycles. The van der Waals surface area contributed by atoms with Gasteiger partial charge in [-0.15, -0.1) is 11.3 Å². The number of hydrogen-bond donors (Lipinski definition) is 1. The molecule has 0 amide bonds. The zero-order valence-electron chi connectivity index (χ0n) is 10.9. The van der Waals surface area contributed by atoms with E-state index in [-0.39, 0.29) is 0 Å². The minimum absolute atomic E-state index is 0.535. The average molecular weight is 316 g/mol. The van der Waals surface area contributed by atoms with Crippen molar-refractivity contribution in [2.75, 3.05) is 7.05 Å². The fraction of sp³-hybridized carbons (Fsp3) is 0.714. The number of hydrogen-bond acceptors (Lipinski definition) is 2. The Kier molecular flexibility index (Phi) is 4.67. The van der Waals surface area contributed by atoms with Gasteiger partial charge in [-0.05, 0) is 70.6 Å². The fourth-order valence-corrected chi connectivity index (χ4v) is 4.27. The molecule has 4 unspecified atom stereocenters. The lowest BCUT2D eigenvalue weighted by Gasteiger charge is -2.36. The molecule has 0 aromatic carbocycles. The van der Waals surface area contributed by atoms with E-state index in [1.54, 1.807) is 11.3 Å². The van der Waals surface area contributed by atoms with Crippen molar-refractivity contribution in [1.29, 1.82) is 0 Å². The van der Waals surface area contributed by atoms with E-state index >= 15 is 0 Å². The van der Waals surface area contributed by atoms with Gasteiger partial charge in [0.05, 0.1) is 3.79 Å². The van der Waals surface area contributed by atoms with Gasteiger partial charge < -0.3 is 5.32 Å². The molecule has 4 atom stereocenters. The van der Waals surface area contributed by atoms with Crippen LogP contribution >= 0.6 is 27.3 Å². The van der Waals surface area contributed by atoms with Crippen LogP contribution in [-0.2, 0) is 0 Å². The van der Waals surface area contributed by atoms with Crippen molar-refractivity contribution in [2.24, 2.45) is 17.8 Å². The van der Waals surface area contributed by atoms with Crippen LogP contribution in [-0.4, -0.2) is 7.05 Å². The molecule has 0 saturated heterocycles. The highest BCUT2D eigenvalue weighted by molar-refractivity contribution is 9.11. The lowest BCUT2D eigenvalue weighted by molar-refractivity contribution is 0.175. The Labute approximate surface area is 117 Å². The normalized spacial score (nSPS) is 31.4. The van der Waals surface area contributed by atoms with Crippen molar-refractivity contribution >= 4 is 27.3 Å². The standard InChI is InChI=1S/C14H22BrNS/c1-9-4-5-11(6-10(9)2)14(16-3)12-7-13(15)17-8-12/h7-11,14,16H,4-6H2,1-3H3. The predicted octanol–water partition coefficient (Wildman–Crippen LogP) is 4.84. The highest BCUT2D eigenvalue weighted by Crippen LogP contribution is 2.40. The van der Waals surface area contributed by atoms with Gasteiger partial charge in [-0.1, -0.05) is 20.3 Å². The van der Waals surface area contributed by atoms with E-state index in [9.17, 15) is 0 Å². The third-order valence-corrected chi connectivity index (χ3v) is 5.89. The van der Waals surface area contributed by atoms with Crippen LogP contribution in [0.1, 0.15) is 44.7 Å². The molecular formula is C14H22BrNS. The summed E-state index contributed by atoms with van der Waals surface area (Å²) >= 11 is 5.36. The molecule has 1 aliphatic rings. The molecule has 1 saturated carbocycles. The van der Waals surface area contributed by atoms with Crippen molar-refractivity contribution < 1.29 is 0 Å². The predicted molar refractivity (Wildman–Crippen MR) is 79.5 cm³/mol. The first kappa shape index (κ1) is 13.6. The zero-order chi connectivity index (χ0) is 12.4. The van der Waals surface area contributed by atoms with Crippen LogP contribution in [0.15, 0.2) is 15.2 Å². The maximum atomic E-state index is 3.57. The first-order chi connectivity index (χ1) is 8.11. The van der Waals surface area contributed by atoms with Gasteiger partial charge in [-0.2, -0.15) is 0 Å². The Bertz CT molecular complexity index is 363. The van der Waals surface area contributed by atoms with Gasteiger partial charge in [0, 0.05) is 6.04 Å². The van der Waals surface area contributed by atoms with Crippen LogP contribution in [0.5, 0.6) is 0 Å². The van der Waals surface area contributed by atoms with Crippen LogP contribution < -0.4 is 5.32 Å². The quantitative estimate of drug-likeness (QED) is 0.841. The molecule has 1 fully saturated rings. The van der Waals surface area contributed by atoms with Crippen molar-refractivity contribution in [2.45, 2.75) is 39.2 Å². The molecule has 1 aromatic rings. The van der Waals surface area contributed by atoms with E-state index in [4.69, 9.17) is 0 Å². The molecule has 3 heteroatoms. The third-order valence-electron chi connectivity index (χ3n) is 4.37. The molecule has 1 heterocycles. The Morgan fingerprint density at radius 2 is 2.12 bits per heavy atom. The number of halogens is 1. The van der Waals surface area contributed by atoms with Crippen molar-refractivity contribution in [3.05, 3.63) is 20.8 Å². The molecule has 17 heavy (non-hydrogen) atoms. The van der Waals surface area contributed by atoms with Gasteiger partial charge in [-0.3, -0.25) is 0 Å². The molecule has 1 aromatic heterocycles. The molecule has 0 radical (unpaired) electrons. The molecule has 96 valence electrons. The topological polar surface area (TPSA) is 12.0 Å². The van der Waals surface area contributed by atoms with Gasteiger partial charge in [0.2, 0.25) is 0 Å². The van der Waals surface area contributed by atoms with E-state index in [1.807, 2.05) is 0 Å². The average Bonchev–Trinajstić information content (AvgIpc) is 2.71. The van der Waals surface area contributed by atoms with Gasteiger partial charge in [-0.25, -0.2) is 0 Å². The van der Waals surface area contributed by atoms with Crippen LogP contribution in [0.4, 0.5) is 0 Å². The largest absolute Gasteiger partial charge is 0.313 e. The second-order valence-corrected chi connectivity index (χ2v) is 7.77.